The third kappa shape index (κ3) is 3.03. The lowest BCUT2D eigenvalue weighted by Gasteiger charge is -2.23. The maximum Gasteiger partial charge on any atom is 0.0882 e. The van der Waals surface area contributed by atoms with Crippen molar-refractivity contribution in [3.8, 4) is 0 Å². The Bertz CT molecular complexity index is 545. The van der Waals surface area contributed by atoms with E-state index in [2.05, 4.69) is 20.9 Å². The molecule has 1 aromatic heterocycles. The van der Waals surface area contributed by atoms with Crippen molar-refractivity contribution in [1.82, 2.24) is 4.98 Å². The Morgan fingerprint density at radius 1 is 1.32 bits per heavy atom. The number of hydrogen-bond acceptors (Lipinski definition) is 3. The molecule has 0 saturated carbocycles. The van der Waals surface area contributed by atoms with Gasteiger partial charge in [0.25, 0.3) is 0 Å². The molecule has 3 N–H and O–H groups in total. The summed E-state index contributed by atoms with van der Waals surface area (Å²) in [5.74, 6) is -0.160. The van der Waals surface area contributed by atoms with Crippen molar-refractivity contribution < 1.29 is 5.11 Å². The molecule has 100 valence electrons. The standard InChI is InChI=1S/C15H17BrN2O/c1-10-4-2-6-12(14(10)16)15(19)13(8-17)11-5-3-7-18-9-11/h2-7,9,13,15,19H,8,17H2,1H3. The molecule has 19 heavy (non-hydrogen) atoms. The molecule has 0 amide bonds. The largest absolute Gasteiger partial charge is 0.388 e. The molecule has 0 aliphatic heterocycles. The van der Waals surface area contributed by atoms with E-state index in [0.717, 1.165) is 21.2 Å². The van der Waals surface area contributed by atoms with E-state index < -0.39 is 6.10 Å². The molecule has 0 fully saturated rings. The zero-order valence-corrected chi connectivity index (χ0v) is 12.3. The van der Waals surface area contributed by atoms with Crippen molar-refractivity contribution in [2.75, 3.05) is 6.54 Å². The minimum Gasteiger partial charge on any atom is -0.388 e. The number of rotatable bonds is 4. The molecule has 0 radical (unpaired) electrons. The fourth-order valence-corrected chi connectivity index (χ4v) is 2.66. The fourth-order valence-electron chi connectivity index (χ4n) is 2.16. The van der Waals surface area contributed by atoms with E-state index in [1.807, 2.05) is 37.3 Å². The molecule has 2 rings (SSSR count). The minimum absolute atomic E-state index is 0.160. The number of hydrogen-bond donors (Lipinski definition) is 2. The summed E-state index contributed by atoms with van der Waals surface area (Å²) in [6, 6.07) is 9.66. The predicted molar refractivity (Wildman–Crippen MR) is 79.9 cm³/mol. The van der Waals surface area contributed by atoms with Crippen molar-refractivity contribution in [2.24, 2.45) is 5.73 Å². The van der Waals surface area contributed by atoms with Crippen LogP contribution in [0, 0.1) is 6.92 Å². The van der Waals surface area contributed by atoms with Gasteiger partial charge in [0.05, 0.1) is 6.10 Å². The molecule has 3 nitrogen and oxygen atoms in total. The summed E-state index contributed by atoms with van der Waals surface area (Å²) in [6.07, 6.45) is 2.82. The molecular weight excluding hydrogens is 304 g/mol. The quantitative estimate of drug-likeness (QED) is 0.910. The van der Waals surface area contributed by atoms with Crippen molar-refractivity contribution in [3.05, 3.63) is 63.9 Å². The topological polar surface area (TPSA) is 59.1 Å². The van der Waals surface area contributed by atoms with Gasteiger partial charge in [-0.05, 0) is 29.7 Å². The van der Waals surface area contributed by atoms with Crippen LogP contribution in [0.25, 0.3) is 0 Å². The maximum atomic E-state index is 10.6. The average Bonchev–Trinajstić information content (AvgIpc) is 2.44. The van der Waals surface area contributed by atoms with E-state index in [9.17, 15) is 5.11 Å². The lowest BCUT2D eigenvalue weighted by atomic mass is 9.89. The first kappa shape index (κ1) is 14.2. The molecular formula is C15H17BrN2O. The van der Waals surface area contributed by atoms with Crippen LogP contribution in [0.2, 0.25) is 0 Å². The summed E-state index contributed by atoms with van der Waals surface area (Å²) in [6.45, 7) is 2.37. The van der Waals surface area contributed by atoms with Gasteiger partial charge in [0.2, 0.25) is 0 Å². The van der Waals surface area contributed by atoms with E-state index in [1.165, 1.54) is 0 Å². The van der Waals surface area contributed by atoms with Gasteiger partial charge in [0, 0.05) is 29.3 Å². The van der Waals surface area contributed by atoms with Gasteiger partial charge in [0.1, 0.15) is 0 Å². The van der Waals surface area contributed by atoms with Gasteiger partial charge in [-0.2, -0.15) is 0 Å². The lowest BCUT2D eigenvalue weighted by Crippen LogP contribution is -2.20. The first-order valence-corrected chi connectivity index (χ1v) is 6.97. The molecule has 2 unspecified atom stereocenters. The van der Waals surface area contributed by atoms with Gasteiger partial charge < -0.3 is 10.8 Å². The average molecular weight is 321 g/mol. The van der Waals surface area contributed by atoms with Gasteiger partial charge >= 0.3 is 0 Å². The number of halogens is 1. The van der Waals surface area contributed by atoms with E-state index in [1.54, 1.807) is 12.4 Å². The fraction of sp³-hybridized carbons (Fsp3) is 0.267. The first-order valence-electron chi connectivity index (χ1n) is 6.18. The van der Waals surface area contributed by atoms with E-state index in [4.69, 9.17) is 5.73 Å². The summed E-state index contributed by atoms with van der Waals surface area (Å²) in [5.41, 5.74) is 8.73. The highest BCUT2D eigenvalue weighted by atomic mass is 79.9. The third-order valence-electron chi connectivity index (χ3n) is 3.29. The zero-order chi connectivity index (χ0) is 13.8. The molecule has 1 aromatic carbocycles. The molecule has 0 bridgehead atoms. The molecule has 0 spiro atoms. The second-order valence-electron chi connectivity index (χ2n) is 4.55. The highest BCUT2D eigenvalue weighted by Gasteiger charge is 2.23. The summed E-state index contributed by atoms with van der Waals surface area (Å²) in [5, 5.41) is 10.6. The number of aliphatic hydroxyl groups is 1. The number of aliphatic hydroxyl groups excluding tert-OH is 1. The molecule has 1 heterocycles. The first-order chi connectivity index (χ1) is 9.15. The zero-order valence-electron chi connectivity index (χ0n) is 10.8. The van der Waals surface area contributed by atoms with Crippen LogP contribution in [0.1, 0.15) is 28.7 Å². The predicted octanol–water partition coefficient (Wildman–Crippen LogP) is 2.93. The van der Waals surface area contributed by atoms with Crippen molar-refractivity contribution in [1.29, 1.82) is 0 Å². The van der Waals surface area contributed by atoms with Gasteiger partial charge in [-0.3, -0.25) is 4.98 Å². The monoisotopic (exact) mass is 320 g/mol. The van der Waals surface area contributed by atoms with Crippen LogP contribution in [0.5, 0.6) is 0 Å². The summed E-state index contributed by atoms with van der Waals surface area (Å²) >= 11 is 3.53. The second kappa shape index (κ2) is 6.28. The number of aryl methyl sites for hydroxylation is 1. The molecule has 4 heteroatoms. The van der Waals surface area contributed by atoms with Crippen LogP contribution in [0.15, 0.2) is 47.2 Å². The van der Waals surface area contributed by atoms with E-state index >= 15 is 0 Å². The SMILES string of the molecule is Cc1cccc(C(O)C(CN)c2cccnc2)c1Br. The van der Waals surface area contributed by atoms with Crippen LogP contribution in [-0.4, -0.2) is 16.6 Å². The normalized spacial score (nSPS) is 14.1. The number of aromatic nitrogens is 1. The van der Waals surface area contributed by atoms with Crippen LogP contribution in [0.3, 0.4) is 0 Å². The smallest absolute Gasteiger partial charge is 0.0882 e. The Labute approximate surface area is 121 Å². The van der Waals surface area contributed by atoms with Crippen molar-refractivity contribution in [3.63, 3.8) is 0 Å². The number of benzene rings is 1. The van der Waals surface area contributed by atoms with Crippen molar-refractivity contribution >= 4 is 15.9 Å². The van der Waals surface area contributed by atoms with Gasteiger partial charge in [-0.25, -0.2) is 0 Å². The molecule has 2 atom stereocenters. The highest BCUT2D eigenvalue weighted by molar-refractivity contribution is 9.10. The Kier molecular flexibility index (Phi) is 4.69. The highest BCUT2D eigenvalue weighted by Crippen LogP contribution is 2.35. The summed E-state index contributed by atoms with van der Waals surface area (Å²) in [4.78, 5) is 4.09. The van der Waals surface area contributed by atoms with E-state index in [-0.39, 0.29) is 5.92 Å². The summed E-state index contributed by atoms with van der Waals surface area (Å²) in [7, 11) is 0. The molecule has 0 aliphatic carbocycles. The van der Waals surface area contributed by atoms with Gasteiger partial charge in [-0.1, -0.05) is 40.2 Å². The van der Waals surface area contributed by atoms with Crippen LogP contribution in [0.4, 0.5) is 0 Å². The van der Waals surface area contributed by atoms with Crippen LogP contribution in [-0.2, 0) is 0 Å². The number of nitrogens with two attached hydrogens (primary N) is 1. The minimum atomic E-state index is -0.650. The number of pyridine rings is 1. The second-order valence-corrected chi connectivity index (χ2v) is 5.34. The Morgan fingerprint density at radius 2 is 2.11 bits per heavy atom. The lowest BCUT2D eigenvalue weighted by molar-refractivity contribution is 0.146. The van der Waals surface area contributed by atoms with Gasteiger partial charge in [-0.15, -0.1) is 0 Å². The number of nitrogens with zero attached hydrogens (tertiary/aromatic N) is 1. The maximum absolute atomic E-state index is 10.6. The van der Waals surface area contributed by atoms with Crippen LogP contribution >= 0.6 is 15.9 Å². The van der Waals surface area contributed by atoms with Crippen molar-refractivity contribution in [2.45, 2.75) is 18.9 Å². The van der Waals surface area contributed by atoms with Crippen LogP contribution < -0.4 is 5.73 Å². The molecule has 0 aliphatic rings. The molecule has 2 aromatic rings. The van der Waals surface area contributed by atoms with E-state index in [0.29, 0.717) is 6.54 Å². The summed E-state index contributed by atoms with van der Waals surface area (Å²) < 4.78 is 0.935. The molecule has 0 saturated heterocycles. The Morgan fingerprint density at radius 3 is 2.74 bits per heavy atom. The third-order valence-corrected chi connectivity index (χ3v) is 4.37. The van der Waals surface area contributed by atoms with Gasteiger partial charge in [0.15, 0.2) is 0 Å². The Balaban J connectivity index is 2.36. The Hall–Kier alpha value is -1.23.